The van der Waals surface area contributed by atoms with Gasteiger partial charge in [-0.1, -0.05) is 13.3 Å². The Bertz CT molecular complexity index is 1100. The molecule has 174 valence electrons. The van der Waals surface area contributed by atoms with Crippen LogP contribution in [0.2, 0.25) is 0 Å². The highest BCUT2D eigenvalue weighted by Crippen LogP contribution is 2.43. The van der Waals surface area contributed by atoms with Gasteiger partial charge in [0.05, 0.1) is 17.5 Å². The largest absolute Gasteiger partial charge is 0.337 e. The van der Waals surface area contributed by atoms with Crippen molar-refractivity contribution in [1.29, 1.82) is 0 Å². The smallest absolute Gasteiger partial charge is 0.228 e. The maximum absolute atomic E-state index is 13.6. The molecule has 1 saturated carbocycles. The molecule has 2 fully saturated rings. The Kier molecular flexibility index (Phi) is 6.39. The van der Waals surface area contributed by atoms with Gasteiger partial charge in [-0.05, 0) is 38.3 Å². The third kappa shape index (κ3) is 4.72. The lowest BCUT2D eigenvalue weighted by atomic mass is 9.69. The number of halogens is 2. The fourth-order valence-corrected chi connectivity index (χ4v) is 6.23. The summed E-state index contributed by atoms with van der Waals surface area (Å²) in [4.78, 5) is 19.6. The number of hydrogen-bond acceptors (Lipinski definition) is 5. The molecule has 0 unspecified atom stereocenters. The summed E-state index contributed by atoms with van der Waals surface area (Å²) in [6, 6.07) is 2.51. The van der Waals surface area contributed by atoms with Gasteiger partial charge in [-0.3, -0.25) is 4.79 Å². The summed E-state index contributed by atoms with van der Waals surface area (Å²) >= 11 is 1.27. The van der Waals surface area contributed by atoms with Crippen molar-refractivity contribution >= 4 is 27.3 Å². The van der Waals surface area contributed by atoms with Crippen LogP contribution in [0.4, 0.5) is 8.78 Å². The molecule has 1 aliphatic heterocycles. The molecule has 1 aromatic heterocycles. The quantitative estimate of drug-likeness (QED) is 0.651. The van der Waals surface area contributed by atoms with Crippen molar-refractivity contribution in [2.45, 2.75) is 58.0 Å². The highest BCUT2D eigenvalue weighted by molar-refractivity contribution is 7.89. The Labute approximate surface area is 191 Å². The molecule has 1 aromatic carbocycles. The molecule has 1 aliphatic carbocycles. The second kappa shape index (κ2) is 8.79. The van der Waals surface area contributed by atoms with E-state index in [4.69, 9.17) is 0 Å². The first-order valence-corrected chi connectivity index (χ1v) is 13.4. The van der Waals surface area contributed by atoms with Crippen LogP contribution in [0, 0.1) is 17.0 Å². The molecule has 2 aliphatic rings. The van der Waals surface area contributed by atoms with Crippen molar-refractivity contribution in [3.8, 4) is 10.6 Å². The molecule has 2 atom stereocenters. The number of sulfonamides is 1. The van der Waals surface area contributed by atoms with Crippen LogP contribution < -0.4 is 4.72 Å². The van der Waals surface area contributed by atoms with E-state index >= 15 is 0 Å². The van der Waals surface area contributed by atoms with Crippen LogP contribution in [0.5, 0.6) is 0 Å². The molecule has 2 heterocycles. The topological polar surface area (TPSA) is 79.4 Å². The van der Waals surface area contributed by atoms with Crippen LogP contribution in [0.1, 0.15) is 45.2 Å². The van der Waals surface area contributed by atoms with Gasteiger partial charge in [0.1, 0.15) is 16.6 Å². The third-order valence-corrected chi connectivity index (χ3v) is 8.93. The Hall–Kier alpha value is -1.91. The van der Waals surface area contributed by atoms with Gasteiger partial charge in [-0.2, -0.15) is 0 Å². The molecule has 2 aromatic rings. The van der Waals surface area contributed by atoms with E-state index in [1.165, 1.54) is 23.5 Å². The van der Waals surface area contributed by atoms with Crippen molar-refractivity contribution < 1.29 is 22.0 Å². The lowest BCUT2D eigenvalue weighted by Gasteiger charge is -2.41. The first-order chi connectivity index (χ1) is 15.1. The zero-order valence-corrected chi connectivity index (χ0v) is 19.7. The second-order valence-corrected chi connectivity index (χ2v) is 11.8. The number of amides is 1. The SMILES string of the molecule is CCS(=O)(=O)N[C@@H]1CCN(C(=O)C2(C)CCC2)[C@@H]1Cc1csc(-c2cc(F)cc(F)c2)n1. The van der Waals surface area contributed by atoms with E-state index in [1.54, 1.807) is 12.3 Å². The minimum absolute atomic E-state index is 0.0339. The van der Waals surface area contributed by atoms with Crippen LogP contribution in [0.25, 0.3) is 10.6 Å². The molecular formula is C22H27F2N3O3S2. The van der Waals surface area contributed by atoms with Gasteiger partial charge in [-0.15, -0.1) is 11.3 Å². The van der Waals surface area contributed by atoms with E-state index in [0.717, 1.165) is 25.3 Å². The third-order valence-electron chi connectivity index (χ3n) is 6.57. The molecule has 6 nitrogen and oxygen atoms in total. The fraction of sp³-hybridized carbons (Fsp3) is 0.545. The zero-order valence-electron chi connectivity index (χ0n) is 18.1. The molecule has 10 heteroatoms. The van der Waals surface area contributed by atoms with Crippen LogP contribution >= 0.6 is 11.3 Å². The number of likely N-dealkylation sites (tertiary alicyclic amines) is 1. The predicted molar refractivity (Wildman–Crippen MR) is 120 cm³/mol. The molecule has 0 spiro atoms. The van der Waals surface area contributed by atoms with Gasteiger partial charge in [0, 0.05) is 41.4 Å². The average molecular weight is 484 g/mol. The van der Waals surface area contributed by atoms with E-state index in [9.17, 15) is 22.0 Å². The number of aromatic nitrogens is 1. The maximum Gasteiger partial charge on any atom is 0.228 e. The zero-order chi connectivity index (χ0) is 23.1. The Morgan fingerprint density at radius 1 is 1.28 bits per heavy atom. The first kappa shape index (κ1) is 23.3. The summed E-state index contributed by atoms with van der Waals surface area (Å²) in [6.07, 6.45) is 3.61. The lowest BCUT2D eigenvalue weighted by molar-refractivity contribution is -0.147. The summed E-state index contributed by atoms with van der Waals surface area (Å²) in [7, 11) is -3.44. The van der Waals surface area contributed by atoms with E-state index in [-0.39, 0.29) is 23.1 Å². The summed E-state index contributed by atoms with van der Waals surface area (Å²) < 4.78 is 54.5. The van der Waals surface area contributed by atoms with Crippen LogP contribution in [0.3, 0.4) is 0 Å². The average Bonchev–Trinajstić information content (AvgIpc) is 3.32. The minimum Gasteiger partial charge on any atom is -0.337 e. The number of nitrogens with one attached hydrogen (secondary N) is 1. The van der Waals surface area contributed by atoms with Gasteiger partial charge < -0.3 is 4.90 Å². The molecule has 1 amide bonds. The second-order valence-electron chi connectivity index (χ2n) is 8.90. The van der Waals surface area contributed by atoms with Gasteiger partial charge >= 0.3 is 0 Å². The summed E-state index contributed by atoms with van der Waals surface area (Å²) in [5.74, 6) is -1.32. The minimum atomic E-state index is -3.44. The van der Waals surface area contributed by atoms with E-state index in [2.05, 4.69) is 9.71 Å². The van der Waals surface area contributed by atoms with Crippen molar-refractivity contribution in [2.75, 3.05) is 12.3 Å². The Morgan fingerprint density at radius 3 is 2.56 bits per heavy atom. The van der Waals surface area contributed by atoms with Crippen LogP contribution in [-0.4, -0.2) is 48.6 Å². The molecular weight excluding hydrogens is 456 g/mol. The Morgan fingerprint density at radius 2 is 1.97 bits per heavy atom. The normalized spacial score (nSPS) is 22.7. The van der Waals surface area contributed by atoms with Crippen molar-refractivity contribution in [1.82, 2.24) is 14.6 Å². The molecule has 0 bridgehead atoms. The highest BCUT2D eigenvalue weighted by Gasteiger charge is 2.47. The Balaban J connectivity index is 1.59. The van der Waals surface area contributed by atoms with E-state index in [0.29, 0.717) is 35.7 Å². The number of benzene rings is 1. The van der Waals surface area contributed by atoms with E-state index in [1.807, 2.05) is 11.8 Å². The van der Waals surface area contributed by atoms with Gasteiger partial charge in [0.25, 0.3) is 0 Å². The lowest BCUT2D eigenvalue weighted by Crippen LogP contribution is -2.53. The fourth-order valence-electron chi connectivity index (χ4n) is 4.50. The molecule has 1 N–H and O–H groups in total. The standard InChI is InChI=1S/C22H27F2N3O3S2/c1-3-32(29,30)26-18-5-8-27(21(28)22(2)6-4-7-22)19(18)12-17-13-31-20(25-17)14-9-15(23)11-16(24)10-14/h9-11,13,18-19,26H,3-8,12H2,1-2H3/t18-,19-/m1/s1. The first-order valence-electron chi connectivity index (χ1n) is 10.8. The summed E-state index contributed by atoms with van der Waals surface area (Å²) in [5.41, 5.74) is 0.630. The number of carbonyl (C=O) groups excluding carboxylic acids is 1. The number of rotatable bonds is 7. The van der Waals surface area contributed by atoms with Crippen LogP contribution in [0.15, 0.2) is 23.6 Å². The van der Waals surface area contributed by atoms with Gasteiger partial charge in [0.15, 0.2) is 0 Å². The molecule has 1 saturated heterocycles. The van der Waals surface area contributed by atoms with Crippen molar-refractivity contribution in [3.63, 3.8) is 0 Å². The number of nitrogens with zero attached hydrogens (tertiary/aromatic N) is 2. The van der Waals surface area contributed by atoms with Gasteiger partial charge in [0.2, 0.25) is 15.9 Å². The van der Waals surface area contributed by atoms with E-state index < -0.39 is 27.7 Å². The molecule has 32 heavy (non-hydrogen) atoms. The van der Waals surface area contributed by atoms with Crippen molar-refractivity contribution in [3.05, 3.63) is 40.9 Å². The summed E-state index contributed by atoms with van der Waals surface area (Å²) in [5, 5.41) is 2.28. The summed E-state index contributed by atoms with van der Waals surface area (Å²) in [6.45, 7) is 4.04. The monoisotopic (exact) mass is 483 g/mol. The van der Waals surface area contributed by atoms with Crippen LogP contribution in [-0.2, 0) is 21.2 Å². The predicted octanol–water partition coefficient (Wildman–Crippen LogP) is 3.73. The molecule has 0 radical (unpaired) electrons. The van der Waals surface area contributed by atoms with Crippen molar-refractivity contribution in [2.24, 2.45) is 5.41 Å². The van der Waals surface area contributed by atoms with Gasteiger partial charge in [-0.25, -0.2) is 26.9 Å². The number of thiazole rings is 1. The highest BCUT2D eigenvalue weighted by atomic mass is 32.2. The number of hydrogen-bond donors (Lipinski definition) is 1. The maximum atomic E-state index is 13.6. The number of carbonyl (C=O) groups is 1. The molecule has 4 rings (SSSR count).